The van der Waals surface area contributed by atoms with E-state index in [0.29, 0.717) is 6.54 Å². The summed E-state index contributed by atoms with van der Waals surface area (Å²) in [6.45, 7) is 7.54. The first-order chi connectivity index (χ1) is 12.0. The number of unbranched alkanes of at least 4 members (excludes halogenated alkanes) is 1. The number of nitrogens with zero attached hydrogens (tertiary/aromatic N) is 1. The van der Waals surface area contributed by atoms with Gasteiger partial charge >= 0.3 is 6.03 Å². The van der Waals surface area contributed by atoms with Gasteiger partial charge in [-0.15, -0.1) is 0 Å². The highest BCUT2D eigenvalue weighted by Crippen LogP contribution is 2.17. The number of hydrogen-bond acceptors (Lipinski definition) is 3. The zero-order valence-corrected chi connectivity index (χ0v) is 15.3. The molecule has 1 fully saturated rings. The van der Waals surface area contributed by atoms with E-state index in [1.54, 1.807) is 0 Å². The molecule has 0 unspecified atom stereocenters. The maximum Gasteiger partial charge on any atom is 0.319 e. The van der Waals surface area contributed by atoms with Crippen molar-refractivity contribution in [2.45, 2.75) is 39.5 Å². The molecule has 1 heterocycles. The Labute approximate surface area is 150 Å². The van der Waals surface area contributed by atoms with Crippen LogP contribution in [0.15, 0.2) is 18.2 Å². The number of nitrogens with two attached hydrogens (primary N) is 1. The molecule has 0 aromatic heterocycles. The van der Waals surface area contributed by atoms with Gasteiger partial charge < -0.3 is 21.3 Å². The minimum Gasteiger partial charge on any atom is -0.369 e. The lowest BCUT2D eigenvalue weighted by Gasteiger charge is -2.30. The lowest BCUT2D eigenvalue weighted by atomic mass is 9.96. The summed E-state index contributed by atoms with van der Waals surface area (Å²) in [5, 5.41) is 5.81. The summed E-state index contributed by atoms with van der Waals surface area (Å²) < 4.78 is 0. The van der Waals surface area contributed by atoms with E-state index >= 15 is 0 Å². The maximum atomic E-state index is 12.0. The Hall–Kier alpha value is -2.08. The number of nitrogens with one attached hydrogen (secondary N) is 2. The predicted octanol–water partition coefficient (Wildman–Crippen LogP) is 2.40. The smallest absolute Gasteiger partial charge is 0.319 e. The molecule has 6 heteroatoms. The van der Waals surface area contributed by atoms with E-state index in [1.165, 1.54) is 0 Å². The van der Waals surface area contributed by atoms with Gasteiger partial charge in [0.2, 0.25) is 5.91 Å². The predicted molar refractivity (Wildman–Crippen MR) is 101 cm³/mol. The molecule has 0 atom stereocenters. The molecule has 4 N–H and O–H groups in total. The Morgan fingerprint density at radius 2 is 1.92 bits per heavy atom. The number of piperidine rings is 1. The molecule has 1 aliphatic rings. The van der Waals surface area contributed by atoms with E-state index in [0.717, 1.165) is 62.1 Å². The summed E-state index contributed by atoms with van der Waals surface area (Å²) in [5.74, 6) is -0.120. The first kappa shape index (κ1) is 19.2. The van der Waals surface area contributed by atoms with Crippen LogP contribution in [0.2, 0.25) is 0 Å². The largest absolute Gasteiger partial charge is 0.369 e. The number of amides is 3. The average Bonchev–Trinajstić information content (AvgIpc) is 2.58. The van der Waals surface area contributed by atoms with Gasteiger partial charge in [-0.3, -0.25) is 4.79 Å². The van der Waals surface area contributed by atoms with Crippen LogP contribution in [0.25, 0.3) is 0 Å². The summed E-state index contributed by atoms with van der Waals surface area (Å²) in [6, 6.07) is 5.86. The van der Waals surface area contributed by atoms with Crippen LogP contribution < -0.4 is 16.4 Å². The number of rotatable bonds is 7. The monoisotopic (exact) mass is 346 g/mol. The fourth-order valence-electron chi connectivity index (χ4n) is 3.14. The molecule has 1 aromatic carbocycles. The maximum absolute atomic E-state index is 12.0. The molecule has 138 valence electrons. The summed E-state index contributed by atoms with van der Waals surface area (Å²) in [5.41, 5.74) is 8.39. The fraction of sp³-hybridized carbons (Fsp3) is 0.579. The Balaban J connectivity index is 1.58. The fourth-order valence-corrected chi connectivity index (χ4v) is 3.14. The molecule has 1 saturated heterocycles. The number of primary amides is 1. The van der Waals surface area contributed by atoms with E-state index in [-0.39, 0.29) is 17.9 Å². The highest BCUT2D eigenvalue weighted by molar-refractivity contribution is 5.90. The second kappa shape index (κ2) is 9.42. The van der Waals surface area contributed by atoms with E-state index in [2.05, 4.69) is 15.5 Å². The van der Waals surface area contributed by atoms with Gasteiger partial charge in [0.05, 0.1) is 0 Å². The van der Waals surface area contributed by atoms with Crippen molar-refractivity contribution in [1.82, 2.24) is 10.2 Å². The molecular formula is C19H30N4O2. The normalized spacial score (nSPS) is 15.8. The number of urea groups is 1. The van der Waals surface area contributed by atoms with Crippen LogP contribution in [0.1, 0.15) is 36.8 Å². The quantitative estimate of drug-likeness (QED) is 0.663. The molecule has 1 aromatic rings. The number of carbonyl (C=O) groups is 2. The molecule has 0 radical (unpaired) electrons. The molecule has 0 spiro atoms. The molecule has 0 saturated carbocycles. The number of benzene rings is 1. The van der Waals surface area contributed by atoms with E-state index < -0.39 is 0 Å². The zero-order valence-electron chi connectivity index (χ0n) is 15.3. The molecular weight excluding hydrogens is 316 g/mol. The van der Waals surface area contributed by atoms with Crippen molar-refractivity contribution < 1.29 is 9.59 Å². The van der Waals surface area contributed by atoms with Crippen molar-refractivity contribution in [3.63, 3.8) is 0 Å². The Morgan fingerprint density at radius 1 is 1.20 bits per heavy atom. The van der Waals surface area contributed by atoms with Gasteiger partial charge in [-0.25, -0.2) is 4.79 Å². The molecule has 0 aliphatic carbocycles. The molecule has 1 aliphatic heterocycles. The van der Waals surface area contributed by atoms with Crippen molar-refractivity contribution in [3.8, 4) is 0 Å². The average molecular weight is 346 g/mol. The van der Waals surface area contributed by atoms with Crippen LogP contribution in [0, 0.1) is 19.8 Å². The van der Waals surface area contributed by atoms with Crippen molar-refractivity contribution in [1.29, 1.82) is 0 Å². The number of carbonyl (C=O) groups excluding carboxylic acids is 2. The third-order valence-corrected chi connectivity index (χ3v) is 4.82. The third-order valence-electron chi connectivity index (χ3n) is 4.82. The molecule has 6 nitrogen and oxygen atoms in total. The SMILES string of the molecule is Cc1ccc(C)c(NC(=O)NCCCCN2CCC(C(N)=O)CC2)c1. The third kappa shape index (κ3) is 6.38. The van der Waals surface area contributed by atoms with Gasteiger partial charge in [-0.05, 0) is 76.4 Å². The van der Waals surface area contributed by atoms with Crippen molar-refractivity contribution >= 4 is 17.6 Å². The van der Waals surface area contributed by atoms with E-state index in [4.69, 9.17) is 5.73 Å². The van der Waals surface area contributed by atoms with E-state index in [9.17, 15) is 9.59 Å². The van der Waals surface area contributed by atoms with Gasteiger partial charge in [0.1, 0.15) is 0 Å². The van der Waals surface area contributed by atoms with Crippen molar-refractivity contribution in [2.24, 2.45) is 11.7 Å². The first-order valence-electron chi connectivity index (χ1n) is 9.09. The molecule has 3 amide bonds. The lowest BCUT2D eigenvalue weighted by Crippen LogP contribution is -2.39. The van der Waals surface area contributed by atoms with Crippen LogP contribution >= 0.6 is 0 Å². The van der Waals surface area contributed by atoms with Gasteiger partial charge in [-0.2, -0.15) is 0 Å². The van der Waals surface area contributed by atoms with Gasteiger partial charge in [0.25, 0.3) is 0 Å². The minimum absolute atomic E-state index is 0.0479. The Morgan fingerprint density at radius 3 is 2.60 bits per heavy atom. The van der Waals surface area contributed by atoms with Crippen molar-refractivity contribution in [3.05, 3.63) is 29.3 Å². The topological polar surface area (TPSA) is 87.5 Å². The lowest BCUT2D eigenvalue weighted by molar-refractivity contribution is -0.123. The Bertz CT molecular complexity index is 595. The summed E-state index contributed by atoms with van der Waals surface area (Å²) in [6.07, 6.45) is 3.71. The Kier molecular flexibility index (Phi) is 7.25. The van der Waals surface area contributed by atoms with Crippen LogP contribution in [-0.4, -0.2) is 43.0 Å². The first-order valence-corrected chi connectivity index (χ1v) is 9.09. The van der Waals surface area contributed by atoms with Crippen LogP contribution in [0.3, 0.4) is 0 Å². The standard InChI is InChI=1S/C19H30N4O2/c1-14-5-6-15(2)17(13-14)22-19(25)21-9-3-4-10-23-11-7-16(8-12-23)18(20)24/h5-6,13,16H,3-4,7-12H2,1-2H3,(H2,20,24)(H2,21,22,25). The van der Waals surface area contributed by atoms with Crippen LogP contribution in [0.5, 0.6) is 0 Å². The summed E-state index contributed by atoms with van der Waals surface area (Å²) >= 11 is 0. The number of likely N-dealkylation sites (tertiary alicyclic amines) is 1. The zero-order chi connectivity index (χ0) is 18.2. The highest BCUT2D eigenvalue weighted by Gasteiger charge is 2.22. The molecule has 0 bridgehead atoms. The van der Waals surface area contributed by atoms with Crippen molar-refractivity contribution in [2.75, 3.05) is 31.5 Å². The van der Waals surface area contributed by atoms with E-state index in [1.807, 2.05) is 32.0 Å². The molecule has 2 rings (SSSR count). The number of aryl methyl sites for hydroxylation is 2. The van der Waals surface area contributed by atoms with Gasteiger partial charge in [-0.1, -0.05) is 12.1 Å². The number of hydrogen-bond donors (Lipinski definition) is 3. The second-order valence-corrected chi connectivity index (χ2v) is 6.92. The van der Waals surface area contributed by atoms with Gasteiger partial charge in [0.15, 0.2) is 0 Å². The van der Waals surface area contributed by atoms with Crippen LogP contribution in [-0.2, 0) is 4.79 Å². The van der Waals surface area contributed by atoms with Crippen LogP contribution in [0.4, 0.5) is 10.5 Å². The molecule has 25 heavy (non-hydrogen) atoms. The van der Waals surface area contributed by atoms with Gasteiger partial charge in [0, 0.05) is 18.2 Å². The second-order valence-electron chi connectivity index (χ2n) is 6.92. The summed E-state index contributed by atoms with van der Waals surface area (Å²) in [7, 11) is 0. The highest BCUT2D eigenvalue weighted by atomic mass is 16.2. The number of anilines is 1. The summed E-state index contributed by atoms with van der Waals surface area (Å²) in [4.78, 5) is 25.5. The minimum atomic E-state index is -0.168.